The lowest BCUT2D eigenvalue weighted by atomic mass is 9.88. The van der Waals surface area contributed by atoms with Gasteiger partial charge in [-0.2, -0.15) is 47.9 Å². The van der Waals surface area contributed by atoms with Gasteiger partial charge >= 0.3 is 67.5 Å². The molecule has 0 radical (unpaired) electrons. The Labute approximate surface area is 344 Å². The number of halogens is 9. The first-order valence-corrected chi connectivity index (χ1v) is 18.9. The van der Waals surface area contributed by atoms with Crippen molar-refractivity contribution < 1.29 is 76.8 Å². The monoisotopic (exact) mass is 903 g/mol. The number of carbonyl (C=O) groups is 2. The molecule has 3 aromatic rings. The summed E-state index contributed by atoms with van der Waals surface area (Å²) < 4.78 is 135. The predicted molar refractivity (Wildman–Crippen MR) is 210 cm³/mol. The third kappa shape index (κ3) is 25.2. The third-order valence-corrected chi connectivity index (χ3v) is 6.96. The summed E-state index contributed by atoms with van der Waals surface area (Å²) in [6, 6.07) is 18.9. The number of hydrazone groups is 1. The van der Waals surface area contributed by atoms with E-state index in [1.807, 2.05) is 0 Å². The Morgan fingerprint density at radius 1 is 0.607 bits per heavy atom. The van der Waals surface area contributed by atoms with Gasteiger partial charge in [0.15, 0.2) is 0 Å². The molecule has 0 aliphatic rings. The number of hydrogen-bond donors (Lipinski definition) is 11. The van der Waals surface area contributed by atoms with Gasteiger partial charge in [-0.05, 0) is 73.6 Å². The minimum atomic E-state index is -5.07. The number of hydrogen-bond acceptors (Lipinski definition) is 15. The van der Waals surface area contributed by atoms with Crippen LogP contribution < -0.4 is 42.8 Å². The largest absolute Gasteiger partial charge is 0.472 e. The van der Waals surface area contributed by atoms with Gasteiger partial charge in [0.2, 0.25) is 0 Å². The highest BCUT2D eigenvalue weighted by Crippen LogP contribution is 2.21. The highest BCUT2D eigenvalue weighted by atomic mass is 32.2. The van der Waals surface area contributed by atoms with Crippen LogP contribution in [-0.2, 0) is 43.5 Å². The zero-order valence-electron chi connectivity index (χ0n) is 32.4. The van der Waals surface area contributed by atoms with Gasteiger partial charge in [0, 0.05) is 19.6 Å². The van der Waals surface area contributed by atoms with Gasteiger partial charge in [-0.3, -0.25) is 36.7 Å². The van der Waals surface area contributed by atoms with Crippen molar-refractivity contribution in [3.05, 3.63) is 89.5 Å². The van der Waals surface area contributed by atoms with Crippen molar-refractivity contribution in [1.82, 2.24) is 26.5 Å². The van der Waals surface area contributed by atoms with Crippen LogP contribution in [0.15, 0.2) is 77.9 Å². The minimum Gasteiger partial charge on any atom is -0.437 e. The number of benzene rings is 3. The molecule has 0 heterocycles. The summed E-state index contributed by atoms with van der Waals surface area (Å²) in [4.78, 5) is 21.2. The fraction of sp³-hybridized carbons (Fsp3) is 0.323. The average molecular weight is 903 g/mol. The quantitative estimate of drug-likeness (QED) is 0.0247. The number of nitrogens with zero attached hydrogens (tertiary/aromatic N) is 1. The zero-order valence-corrected chi connectivity index (χ0v) is 33.2. The molecule has 0 bridgehead atoms. The topological polar surface area (TPSA) is 247 Å². The molecule has 0 atom stereocenters. The molecule has 0 saturated heterocycles. The molecule has 0 aromatic heterocycles. The third-order valence-electron chi connectivity index (χ3n) is 6.50. The molecule has 0 aliphatic heterocycles. The van der Waals surface area contributed by atoms with Gasteiger partial charge in [0.25, 0.3) is 0 Å². The van der Waals surface area contributed by atoms with Gasteiger partial charge in [0.05, 0.1) is 23.3 Å². The summed E-state index contributed by atoms with van der Waals surface area (Å²) in [6.07, 6.45) is -14.4. The van der Waals surface area contributed by atoms with E-state index in [1.165, 1.54) is 31.1 Å². The summed E-state index contributed by atoms with van der Waals surface area (Å²) in [6.45, 7) is 5.59. The van der Waals surface area contributed by atoms with Crippen LogP contribution in [0.4, 0.5) is 56.6 Å². The lowest BCUT2D eigenvalue weighted by Gasteiger charge is -2.11. The Hall–Kier alpha value is -5.26. The molecular weight excluding hydrogens is 862 g/mol. The number of amides is 2. The maximum atomic E-state index is 12.6. The van der Waals surface area contributed by atoms with Gasteiger partial charge < -0.3 is 34.9 Å². The minimum absolute atomic E-state index is 0.189. The lowest BCUT2D eigenvalue weighted by molar-refractivity contribution is -0.173. The van der Waals surface area contributed by atoms with Crippen molar-refractivity contribution in [1.29, 1.82) is 0 Å². The van der Waals surface area contributed by atoms with E-state index in [0.717, 1.165) is 11.1 Å². The second kappa shape index (κ2) is 24.9. The number of hydrazine groups is 2. The summed E-state index contributed by atoms with van der Waals surface area (Å²) in [5.74, 6) is -6.06. The zero-order chi connectivity index (χ0) is 46.6. The Kier molecular flexibility index (Phi) is 21.9. The summed E-state index contributed by atoms with van der Waals surface area (Å²) in [5.41, 5.74) is 12.5. The molecule has 0 unspecified atom stereocenters. The van der Waals surface area contributed by atoms with Crippen molar-refractivity contribution in [2.45, 2.75) is 58.6 Å². The maximum absolute atomic E-state index is 12.6. The van der Waals surface area contributed by atoms with Crippen LogP contribution in [0.2, 0.25) is 20.5 Å². The highest BCUT2D eigenvalue weighted by molar-refractivity contribution is 7.86. The van der Waals surface area contributed by atoms with Crippen LogP contribution >= 0.6 is 0 Å². The second-order valence-electron chi connectivity index (χ2n) is 12.2. The van der Waals surface area contributed by atoms with Crippen LogP contribution in [0, 0.1) is 0 Å². The van der Waals surface area contributed by atoms with E-state index in [9.17, 15) is 57.5 Å². The van der Waals surface area contributed by atoms with E-state index >= 15 is 0 Å². The standard InChI is InChI=1S/C11H15BF3N3O4S.2C10H13BF3N3O2/c1-12(19)16-7-8-4-3-5-9(6-8)17-18-10(11(13,14)15)22-23(2,20)21;2*1-11(19)15-6-7-3-2-4-8(5-7)16-17-9(18)10(12,13)14/h3-6,16-17,19H,7H2,1-2H3;2*2-5,15-16,19H,6H2,1H3,(H,17,18)/b18-10-;;. The molecule has 3 aromatic carbocycles. The van der Waals surface area contributed by atoms with Crippen molar-refractivity contribution >= 4 is 66.0 Å². The Balaban J connectivity index is 0.000000461. The molecule has 11 N–H and O–H groups in total. The molecular formula is C31H41B3F9N9O8S. The Bertz CT molecular complexity index is 1900. The molecule has 336 valence electrons. The summed E-state index contributed by atoms with van der Waals surface area (Å²) in [5, 5.41) is 38.3. The van der Waals surface area contributed by atoms with Gasteiger partial charge in [-0.25, -0.2) is 0 Å². The van der Waals surface area contributed by atoms with Crippen LogP contribution in [0.1, 0.15) is 16.7 Å². The average Bonchev–Trinajstić information content (AvgIpc) is 3.14. The fourth-order valence-corrected chi connectivity index (χ4v) is 4.27. The van der Waals surface area contributed by atoms with Gasteiger partial charge in [-0.15, -0.1) is 5.10 Å². The highest BCUT2D eigenvalue weighted by Gasteiger charge is 2.41. The number of anilines is 3. The van der Waals surface area contributed by atoms with Gasteiger partial charge in [0.1, 0.15) is 0 Å². The smallest absolute Gasteiger partial charge is 0.437 e. The van der Waals surface area contributed by atoms with Crippen LogP contribution in [-0.4, -0.2) is 87.1 Å². The Morgan fingerprint density at radius 3 is 1.23 bits per heavy atom. The van der Waals surface area contributed by atoms with Crippen LogP contribution in [0.25, 0.3) is 0 Å². The molecule has 0 spiro atoms. The summed E-state index contributed by atoms with van der Waals surface area (Å²) in [7, 11) is -6.50. The maximum Gasteiger partial charge on any atom is 0.472 e. The molecule has 30 heteroatoms. The van der Waals surface area contributed by atoms with Crippen LogP contribution in [0.5, 0.6) is 0 Å². The molecule has 2 amide bonds. The SMILES string of the molecule is CB(O)NCc1cccc(N/N=C(\OS(C)(=O)=O)C(F)(F)F)c1.CB(O)NCc1cccc(NNC(=O)C(F)(F)F)c1.CB(O)NCc1cccc(NNC(=O)C(F)(F)F)c1. The molecule has 3 rings (SSSR count). The van der Waals surface area contributed by atoms with E-state index in [1.54, 1.807) is 73.0 Å². The van der Waals surface area contributed by atoms with Crippen molar-refractivity contribution in [2.75, 3.05) is 22.5 Å². The number of carbonyl (C=O) groups excluding carboxylic acids is 2. The van der Waals surface area contributed by atoms with Crippen molar-refractivity contribution in [3.63, 3.8) is 0 Å². The van der Waals surface area contributed by atoms with E-state index < -0.39 is 67.5 Å². The van der Waals surface area contributed by atoms with E-state index in [-0.39, 0.29) is 12.2 Å². The summed E-state index contributed by atoms with van der Waals surface area (Å²) >= 11 is 0. The number of alkyl halides is 9. The van der Waals surface area contributed by atoms with E-state index in [4.69, 9.17) is 15.1 Å². The predicted octanol–water partition coefficient (Wildman–Crippen LogP) is 2.93. The van der Waals surface area contributed by atoms with Crippen molar-refractivity contribution in [3.8, 4) is 0 Å². The Morgan fingerprint density at radius 2 is 0.934 bits per heavy atom. The molecule has 0 saturated carbocycles. The van der Waals surface area contributed by atoms with E-state index in [0.29, 0.717) is 36.3 Å². The van der Waals surface area contributed by atoms with Gasteiger partial charge in [-0.1, -0.05) is 36.4 Å². The number of nitrogens with one attached hydrogen (secondary N) is 8. The molecule has 0 aliphatic carbocycles. The fourth-order valence-electron chi connectivity index (χ4n) is 3.85. The first-order chi connectivity index (χ1) is 28.0. The lowest BCUT2D eigenvalue weighted by Crippen LogP contribution is -2.40. The first kappa shape index (κ1) is 53.8. The molecule has 61 heavy (non-hydrogen) atoms. The first-order valence-electron chi connectivity index (χ1n) is 17.1. The number of rotatable bonds is 16. The molecule has 17 nitrogen and oxygen atoms in total. The van der Waals surface area contributed by atoms with Crippen LogP contribution in [0.3, 0.4) is 0 Å². The molecule has 0 fully saturated rings. The second-order valence-corrected chi connectivity index (χ2v) is 13.8. The normalized spacial score (nSPS) is 11.7. The van der Waals surface area contributed by atoms with E-state index in [2.05, 4.69) is 41.2 Å². The van der Waals surface area contributed by atoms with Crippen molar-refractivity contribution in [2.24, 2.45) is 5.10 Å².